The molecule has 3 nitrogen and oxygen atoms in total. The fourth-order valence-corrected chi connectivity index (χ4v) is 2.07. The van der Waals surface area contributed by atoms with E-state index in [2.05, 4.69) is 25.7 Å². The summed E-state index contributed by atoms with van der Waals surface area (Å²) in [6, 6.07) is 7.11. The topological polar surface area (TPSA) is 31.4 Å². The molecule has 0 saturated heterocycles. The molecule has 0 aliphatic heterocycles. The van der Waals surface area contributed by atoms with E-state index in [-0.39, 0.29) is 17.5 Å². The van der Waals surface area contributed by atoms with Crippen molar-refractivity contribution in [2.45, 2.75) is 12.2 Å². The van der Waals surface area contributed by atoms with E-state index >= 15 is 0 Å². The summed E-state index contributed by atoms with van der Waals surface area (Å²) in [6.45, 7) is 0. The van der Waals surface area contributed by atoms with Gasteiger partial charge in [0.25, 0.3) is 0 Å². The lowest BCUT2D eigenvalue weighted by molar-refractivity contribution is -0.275. The zero-order chi connectivity index (χ0) is 15.5. The maximum absolute atomic E-state index is 12.3. The molecule has 0 bridgehead atoms. The molecule has 0 radical (unpaired) electrons. The van der Waals surface area contributed by atoms with Gasteiger partial charge >= 0.3 is 6.36 Å². The Balaban J connectivity index is 2.32. The number of ether oxygens (including phenoxy) is 2. The van der Waals surface area contributed by atoms with Crippen LogP contribution in [-0.4, -0.2) is 11.3 Å². The van der Waals surface area contributed by atoms with Crippen LogP contribution in [0.3, 0.4) is 0 Å². The van der Waals surface area contributed by atoms with Crippen molar-refractivity contribution in [1.82, 2.24) is 4.98 Å². The fourth-order valence-electron chi connectivity index (χ4n) is 1.50. The first-order valence-electron chi connectivity index (χ1n) is 5.62. The number of benzene rings is 1. The number of nitrogens with zero attached hydrogens (tertiary/aromatic N) is 1. The Kier molecular flexibility index (Phi) is 4.95. The first kappa shape index (κ1) is 15.9. The van der Waals surface area contributed by atoms with Crippen molar-refractivity contribution in [3.8, 4) is 17.4 Å². The van der Waals surface area contributed by atoms with Crippen LogP contribution in [0.1, 0.15) is 5.56 Å². The molecular formula is C13H8BrClF3NO2. The number of para-hydroxylation sites is 2. The van der Waals surface area contributed by atoms with Crippen LogP contribution in [0.5, 0.6) is 17.4 Å². The van der Waals surface area contributed by atoms with E-state index in [0.29, 0.717) is 10.0 Å². The molecule has 0 fully saturated rings. The highest BCUT2D eigenvalue weighted by atomic mass is 79.9. The van der Waals surface area contributed by atoms with Gasteiger partial charge in [0.1, 0.15) is 0 Å². The number of hydrogen-bond acceptors (Lipinski definition) is 3. The van der Waals surface area contributed by atoms with Crippen molar-refractivity contribution < 1.29 is 22.6 Å². The van der Waals surface area contributed by atoms with Crippen molar-refractivity contribution >= 4 is 27.5 Å². The summed E-state index contributed by atoms with van der Waals surface area (Å²) in [7, 11) is 0. The van der Waals surface area contributed by atoms with Crippen LogP contribution >= 0.6 is 27.5 Å². The van der Waals surface area contributed by atoms with Gasteiger partial charge < -0.3 is 9.47 Å². The standard InChI is InChI=1S/C13H8BrClF3NO2/c14-9-5-8(6-15)12(19-7-9)20-10-3-1-2-4-11(10)21-13(16,17)18/h1-5,7H,6H2. The summed E-state index contributed by atoms with van der Waals surface area (Å²) in [5.74, 6) is -0.331. The normalized spacial score (nSPS) is 11.3. The average molecular weight is 383 g/mol. The minimum atomic E-state index is -4.80. The quantitative estimate of drug-likeness (QED) is 0.675. The van der Waals surface area contributed by atoms with Gasteiger partial charge in [-0.2, -0.15) is 0 Å². The van der Waals surface area contributed by atoms with Crippen LogP contribution in [0.4, 0.5) is 13.2 Å². The number of pyridine rings is 1. The summed E-state index contributed by atoms with van der Waals surface area (Å²) in [5.41, 5.74) is 0.535. The smallest absolute Gasteiger partial charge is 0.435 e. The molecule has 21 heavy (non-hydrogen) atoms. The molecule has 0 N–H and O–H groups in total. The summed E-state index contributed by atoms with van der Waals surface area (Å²) >= 11 is 8.99. The van der Waals surface area contributed by atoms with Crippen LogP contribution in [0.2, 0.25) is 0 Å². The monoisotopic (exact) mass is 381 g/mol. The van der Waals surface area contributed by atoms with E-state index in [0.717, 1.165) is 6.07 Å². The molecule has 0 amide bonds. The fraction of sp³-hybridized carbons (Fsp3) is 0.154. The van der Waals surface area contributed by atoms with Crippen LogP contribution in [0, 0.1) is 0 Å². The highest BCUT2D eigenvalue weighted by Crippen LogP contribution is 2.35. The average Bonchev–Trinajstić information content (AvgIpc) is 2.41. The van der Waals surface area contributed by atoms with Gasteiger partial charge in [-0.1, -0.05) is 12.1 Å². The van der Waals surface area contributed by atoms with Crippen LogP contribution in [0.25, 0.3) is 0 Å². The maximum atomic E-state index is 12.3. The Morgan fingerprint density at radius 1 is 1.19 bits per heavy atom. The third-order valence-corrected chi connectivity index (χ3v) is 3.04. The summed E-state index contributed by atoms with van der Waals surface area (Å²) in [6.07, 6.45) is -3.35. The molecule has 2 rings (SSSR count). The molecule has 0 unspecified atom stereocenters. The second-order valence-corrected chi connectivity index (χ2v) is 5.03. The van der Waals surface area contributed by atoms with E-state index in [1.807, 2.05) is 0 Å². The Morgan fingerprint density at radius 2 is 1.86 bits per heavy atom. The van der Waals surface area contributed by atoms with Gasteiger partial charge in [-0.05, 0) is 34.1 Å². The Hall–Kier alpha value is -1.47. The van der Waals surface area contributed by atoms with Crippen molar-refractivity contribution in [3.63, 3.8) is 0 Å². The Labute approximate surface area is 131 Å². The molecule has 1 heterocycles. The second-order valence-electron chi connectivity index (χ2n) is 3.85. The molecule has 1 aromatic heterocycles. The number of hydrogen-bond donors (Lipinski definition) is 0. The Bertz CT molecular complexity index is 637. The molecular weight excluding hydrogens is 374 g/mol. The maximum Gasteiger partial charge on any atom is 0.573 e. The van der Waals surface area contributed by atoms with Gasteiger partial charge in [0, 0.05) is 16.2 Å². The molecule has 0 saturated carbocycles. The van der Waals surface area contributed by atoms with Crippen molar-refractivity contribution in [3.05, 3.63) is 46.6 Å². The molecule has 112 valence electrons. The highest BCUT2D eigenvalue weighted by Gasteiger charge is 2.32. The van der Waals surface area contributed by atoms with Gasteiger partial charge in [0.15, 0.2) is 11.5 Å². The first-order chi connectivity index (χ1) is 9.89. The minimum Gasteiger partial charge on any atom is -0.435 e. The van der Waals surface area contributed by atoms with Gasteiger partial charge in [-0.25, -0.2) is 4.98 Å². The number of aromatic nitrogens is 1. The van der Waals surface area contributed by atoms with E-state index in [4.69, 9.17) is 16.3 Å². The van der Waals surface area contributed by atoms with Gasteiger partial charge in [-0.15, -0.1) is 24.8 Å². The van der Waals surface area contributed by atoms with Crippen molar-refractivity contribution in [2.24, 2.45) is 0 Å². The largest absolute Gasteiger partial charge is 0.573 e. The van der Waals surface area contributed by atoms with Gasteiger partial charge in [0.05, 0.1) is 5.88 Å². The third kappa shape index (κ3) is 4.50. The third-order valence-electron chi connectivity index (χ3n) is 2.32. The molecule has 1 aromatic carbocycles. The van der Waals surface area contributed by atoms with E-state index < -0.39 is 12.1 Å². The number of rotatable bonds is 4. The lowest BCUT2D eigenvalue weighted by Gasteiger charge is -2.14. The van der Waals surface area contributed by atoms with E-state index in [9.17, 15) is 13.2 Å². The van der Waals surface area contributed by atoms with Crippen molar-refractivity contribution in [1.29, 1.82) is 0 Å². The van der Waals surface area contributed by atoms with Gasteiger partial charge in [0.2, 0.25) is 5.88 Å². The van der Waals surface area contributed by atoms with Crippen LogP contribution in [0.15, 0.2) is 41.0 Å². The van der Waals surface area contributed by atoms with Crippen LogP contribution < -0.4 is 9.47 Å². The molecule has 0 aliphatic rings. The summed E-state index contributed by atoms with van der Waals surface area (Å²) < 4.78 is 47.0. The lowest BCUT2D eigenvalue weighted by Crippen LogP contribution is -2.17. The zero-order valence-corrected chi connectivity index (χ0v) is 12.7. The predicted molar refractivity (Wildman–Crippen MR) is 74.7 cm³/mol. The number of alkyl halides is 4. The summed E-state index contributed by atoms with van der Waals surface area (Å²) in [4.78, 5) is 3.99. The first-order valence-corrected chi connectivity index (χ1v) is 6.95. The molecule has 0 atom stereocenters. The SMILES string of the molecule is FC(F)(F)Oc1ccccc1Oc1ncc(Br)cc1CCl. The Morgan fingerprint density at radius 3 is 2.48 bits per heavy atom. The van der Waals surface area contributed by atoms with Crippen LogP contribution in [-0.2, 0) is 5.88 Å². The second kappa shape index (κ2) is 6.53. The highest BCUT2D eigenvalue weighted by molar-refractivity contribution is 9.10. The van der Waals surface area contributed by atoms with E-state index in [1.54, 1.807) is 6.07 Å². The van der Waals surface area contributed by atoms with E-state index in [1.165, 1.54) is 24.4 Å². The number of halogens is 5. The molecule has 0 aliphatic carbocycles. The molecule has 0 spiro atoms. The predicted octanol–water partition coefficient (Wildman–Crippen LogP) is 5.27. The summed E-state index contributed by atoms with van der Waals surface area (Å²) in [5, 5.41) is 0. The van der Waals surface area contributed by atoms with Crippen molar-refractivity contribution in [2.75, 3.05) is 0 Å². The minimum absolute atomic E-state index is 0.101. The lowest BCUT2D eigenvalue weighted by atomic mass is 10.3. The molecule has 8 heteroatoms. The zero-order valence-electron chi connectivity index (χ0n) is 10.3. The van der Waals surface area contributed by atoms with Gasteiger partial charge in [-0.3, -0.25) is 0 Å². The molecule has 2 aromatic rings.